The van der Waals surface area contributed by atoms with Gasteiger partial charge in [0.05, 0.1) is 0 Å². The Bertz CT molecular complexity index is 306. The Labute approximate surface area is 75.7 Å². The van der Waals surface area contributed by atoms with Crippen molar-refractivity contribution in [2.75, 3.05) is 19.0 Å². The van der Waals surface area contributed by atoms with Gasteiger partial charge in [-0.1, -0.05) is 0 Å². The quantitative estimate of drug-likeness (QED) is 0.712. The molecular formula is C8H12N2O3. The molecule has 5 nitrogen and oxygen atoms in total. The maximum absolute atomic E-state index is 10.5. The molecule has 0 aromatic carbocycles. The molecule has 0 bridgehead atoms. The summed E-state index contributed by atoms with van der Waals surface area (Å²) in [6.45, 7) is 0. The van der Waals surface area contributed by atoms with Crippen LogP contribution < -0.4 is 10.6 Å². The zero-order valence-electron chi connectivity index (χ0n) is 7.52. The van der Waals surface area contributed by atoms with E-state index in [0.717, 1.165) is 0 Å². The molecule has 0 radical (unpaired) electrons. The molecule has 13 heavy (non-hydrogen) atoms. The molecule has 5 heteroatoms. The van der Waals surface area contributed by atoms with Gasteiger partial charge in [-0.3, -0.25) is 4.79 Å². The normalized spacial score (nSPS) is 12.5. The topological polar surface area (TPSA) is 79.7 Å². The molecule has 0 saturated heterocycles. The first-order valence-corrected chi connectivity index (χ1v) is 3.78. The van der Waals surface area contributed by atoms with E-state index in [1.54, 1.807) is 31.1 Å². The van der Waals surface area contributed by atoms with Crippen LogP contribution in [0.2, 0.25) is 0 Å². The monoisotopic (exact) mass is 184 g/mol. The minimum atomic E-state index is -1.10. The smallest absolute Gasteiger partial charge is 0.328 e. The van der Waals surface area contributed by atoms with Crippen LogP contribution in [-0.2, 0) is 4.79 Å². The summed E-state index contributed by atoms with van der Waals surface area (Å²) in [5, 5.41) is 8.58. The third-order valence-corrected chi connectivity index (χ3v) is 1.63. The molecule has 1 aromatic rings. The highest BCUT2D eigenvalue weighted by atomic mass is 16.4. The second kappa shape index (κ2) is 3.49. The Kier molecular flexibility index (Phi) is 2.57. The van der Waals surface area contributed by atoms with Gasteiger partial charge in [-0.2, -0.15) is 0 Å². The Morgan fingerprint density at radius 2 is 2.23 bits per heavy atom. The van der Waals surface area contributed by atoms with Crippen LogP contribution in [0.4, 0.5) is 5.88 Å². The van der Waals surface area contributed by atoms with E-state index in [-0.39, 0.29) is 5.76 Å². The summed E-state index contributed by atoms with van der Waals surface area (Å²) in [6, 6.07) is 2.15. The molecule has 0 aliphatic carbocycles. The number of carboxylic acids is 1. The average molecular weight is 184 g/mol. The minimum absolute atomic E-state index is 0.260. The first kappa shape index (κ1) is 9.60. The maximum Gasteiger partial charge on any atom is 0.328 e. The summed E-state index contributed by atoms with van der Waals surface area (Å²) >= 11 is 0. The second-order valence-corrected chi connectivity index (χ2v) is 2.89. The molecule has 0 amide bonds. The molecule has 1 atom stereocenters. The van der Waals surface area contributed by atoms with Crippen LogP contribution in [0.15, 0.2) is 16.5 Å². The summed E-state index contributed by atoms with van der Waals surface area (Å²) in [7, 11) is 3.60. The fourth-order valence-corrected chi connectivity index (χ4v) is 0.871. The highest BCUT2D eigenvalue weighted by molar-refractivity contribution is 5.74. The number of anilines is 1. The number of aliphatic carboxylic acids is 1. The minimum Gasteiger partial charge on any atom is -0.480 e. The number of carboxylic acid groups (broad SMARTS) is 1. The number of nitrogens with two attached hydrogens (primary N) is 1. The Morgan fingerprint density at radius 3 is 2.62 bits per heavy atom. The fourth-order valence-electron chi connectivity index (χ4n) is 0.871. The van der Waals surface area contributed by atoms with Gasteiger partial charge < -0.3 is 20.2 Å². The van der Waals surface area contributed by atoms with Crippen LogP contribution in [0.3, 0.4) is 0 Å². The molecule has 0 aliphatic heterocycles. The van der Waals surface area contributed by atoms with Crippen LogP contribution in [-0.4, -0.2) is 25.2 Å². The van der Waals surface area contributed by atoms with E-state index in [9.17, 15) is 4.79 Å². The van der Waals surface area contributed by atoms with Gasteiger partial charge in [0.2, 0.25) is 0 Å². The highest BCUT2D eigenvalue weighted by Gasteiger charge is 2.18. The van der Waals surface area contributed by atoms with E-state index < -0.39 is 12.0 Å². The van der Waals surface area contributed by atoms with Crippen molar-refractivity contribution >= 4 is 11.9 Å². The Balaban J connectivity index is 2.85. The Morgan fingerprint density at radius 1 is 1.62 bits per heavy atom. The van der Waals surface area contributed by atoms with Gasteiger partial charge in [0.15, 0.2) is 11.9 Å². The van der Waals surface area contributed by atoms with Gasteiger partial charge in [-0.05, 0) is 6.07 Å². The van der Waals surface area contributed by atoms with Crippen LogP contribution in [0, 0.1) is 0 Å². The van der Waals surface area contributed by atoms with Crippen LogP contribution in [0.1, 0.15) is 11.8 Å². The van der Waals surface area contributed by atoms with E-state index in [0.29, 0.717) is 5.88 Å². The molecule has 0 aliphatic rings. The predicted molar refractivity (Wildman–Crippen MR) is 47.6 cm³/mol. The summed E-state index contributed by atoms with van der Waals surface area (Å²) in [5.41, 5.74) is 5.34. The first-order valence-electron chi connectivity index (χ1n) is 3.78. The van der Waals surface area contributed by atoms with Crippen molar-refractivity contribution in [1.29, 1.82) is 0 Å². The fraction of sp³-hybridized carbons (Fsp3) is 0.375. The standard InChI is InChI=1S/C8H12N2O3/c1-10(2)6-4-3-5(13-6)7(9)8(11)12/h3-4,7H,9H2,1-2H3,(H,11,12). The number of furan rings is 1. The molecular weight excluding hydrogens is 172 g/mol. The molecule has 1 rings (SSSR count). The zero-order valence-corrected chi connectivity index (χ0v) is 7.52. The van der Waals surface area contributed by atoms with Gasteiger partial charge in [-0.15, -0.1) is 0 Å². The summed E-state index contributed by atoms with van der Waals surface area (Å²) < 4.78 is 5.19. The van der Waals surface area contributed by atoms with Crippen molar-refractivity contribution < 1.29 is 14.3 Å². The lowest BCUT2D eigenvalue weighted by Gasteiger charge is -2.07. The third kappa shape index (κ3) is 2.00. The first-order chi connectivity index (χ1) is 6.02. The zero-order chi connectivity index (χ0) is 10.0. The largest absolute Gasteiger partial charge is 0.480 e. The second-order valence-electron chi connectivity index (χ2n) is 2.89. The van der Waals surface area contributed by atoms with Gasteiger partial charge in [0, 0.05) is 20.2 Å². The van der Waals surface area contributed by atoms with Crippen molar-refractivity contribution in [1.82, 2.24) is 0 Å². The predicted octanol–water partition coefficient (Wildman–Crippen LogP) is 0.430. The molecule has 0 spiro atoms. The van der Waals surface area contributed by atoms with Crippen molar-refractivity contribution in [3.05, 3.63) is 17.9 Å². The molecule has 1 unspecified atom stereocenters. The molecule has 3 N–H and O–H groups in total. The van der Waals surface area contributed by atoms with Crippen LogP contribution in [0.5, 0.6) is 0 Å². The van der Waals surface area contributed by atoms with Gasteiger partial charge >= 0.3 is 5.97 Å². The number of hydrogen-bond acceptors (Lipinski definition) is 4. The molecule has 0 saturated carbocycles. The van der Waals surface area contributed by atoms with E-state index >= 15 is 0 Å². The molecule has 72 valence electrons. The molecule has 0 fully saturated rings. The van der Waals surface area contributed by atoms with E-state index in [1.807, 2.05) is 0 Å². The number of rotatable bonds is 3. The van der Waals surface area contributed by atoms with Gasteiger partial charge in [0.1, 0.15) is 5.76 Å². The molecule has 1 aromatic heterocycles. The van der Waals surface area contributed by atoms with E-state index in [2.05, 4.69) is 0 Å². The number of hydrogen-bond donors (Lipinski definition) is 2. The summed E-state index contributed by atoms with van der Waals surface area (Å²) in [4.78, 5) is 12.2. The Hall–Kier alpha value is -1.49. The van der Waals surface area contributed by atoms with Crippen LogP contribution in [0.25, 0.3) is 0 Å². The van der Waals surface area contributed by atoms with Crippen LogP contribution >= 0.6 is 0 Å². The number of nitrogens with zero attached hydrogens (tertiary/aromatic N) is 1. The lowest BCUT2D eigenvalue weighted by Crippen LogP contribution is -2.19. The summed E-state index contributed by atoms with van der Waals surface area (Å²) in [5.74, 6) is -0.248. The van der Waals surface area contributed by atoms with Crippen molar-refractivity contribution in [3.63, 3.8) is 0 Å². The van der Waals surface area contributed by atoms with Gasteiger partial charge in [0.25, 0.3) is 0 Å². The lowest BCUT2D eigenvalue weighted by atomic mass is 10.2. The van der Waals surface area contributed by atoms with E-state index in [1.165, 1.54) is 0 Å². The lowest BCUT2D eigenvalue weighted by molar-refractivity contribution is -0.139. The number of carbonyl (C=O) groups is 1. The van der Waals surface area contributed by atoms with Gasteiger partial charge in [-0.25, -0.2) is 0 Å². The average Bonchev–Trinajstić information content (AvgIpc) is 2.50. The maximum atomic E-state index is 10.5. The molecule has 1 heterocycles. The third-order valence-electron chi connectivity index (χ3n) is 1.63. The van der Waals surface area contributed by atoms with Crippen molar-refractivity contribution in [2.45, 2.75) is 6.04 Å². The highest BCUT2D eigenvalue weighted by Crippen LogP contribution is 2.20. The SMILES string of the molecule is CN(C)c1ccc(C(N)C(=O)O)o1. The van der Waals surface area contributed by atoms with Crippen molar-refractivity contribution in [2.24, 2.45) is 5.73 Å². The van der Waals surface area contributed by atoms with E-state index in [4.69, 9.17) is 15.3 Å². The van der Waals surface area contributed by atoms with Crippen molar-refractivity contribution in [3.8, 4) is 0 Å². The summed E-state index contributed by atoms with van der Waals surface area (Å²) in [6.07, 6.45) is 0.